The first-order chi connectivity index (χ1) is 9.40. The SMILES string of the molecule is COCC1(c2ccc(C(=O)O)c(F)c2)NC(=O)NC1=O. The largest absolute Gasteiger partial charge is 0.478 e. The van der Waals surface area contributed by atoms with E-state index >= 15 is 0 Å². The topological polar surface area (TPSA) is 105 Å². The van der Waals surface area contributed by atoms with Gasteiger partial charge in [-0.25, -0.2) is 14.0 Å². The molecule has 1 atom stereocenters. The first-order valence-electron chi connectivity index (χ1n) is 5.56. The maximum absolute atomic E-state index is 13.7. The van der Waals surface area contributed by atoms with Gasteiger partial charge in [0, 0.05) is 7.11 Å². The van der Waals surface area contributed by atoms with Crippen LogP contribution in [-0.2, 0) is 15.1 Å². The molecule has 0 spiro atoms. The van der Waals surface area contributed by atoms with Gasteiger partial charge in [-0.3, -0.25) is 10.1 Å². The number of rotatable bonds is 4. The molecular formula is C12H11FN2O5. The van der Waals surface area contributed by atoms with Gasteiger partial charge in [0.25, 0.3) is 5.91 Å². The van der Waals surface area contributed by atoms with E-state index in [1.165, 1.54) is 13.2 Å². The molecule has 1 unspecified atom stereocenters. The number of halogens is 1. The molecule has 20 heavy (non-hydrogen) atoms. The smallest absolute Gasteiger partial charge is 0.338 e. The molecule has 1 heterocycles. The first kappa shape index (κ1) is 13.9. The molecule has 1 saturated heterocycles. The van der Waals surface area contributed by atoms with Crippen LogP contribution >= 0.6 is 0 Å². The second kappa shape index (κ2) is 4.89. The van der Waals surface area contributed by atoms with Crippen LogP contribution in [0, 0.1) is 5.82 Å². The van der Waals surface area contributed by atoms with Crippen molar-refractivity contribution in [2.75, 3.05) is 13.7 Å². The van der Waals surface area contributed by atoms with Crippen molar-refractivity contribution in [3.63, 3.8) is 0 Å². The Kier molecular flexibility index (Phi) is 3.41. The highest BCUT2D eigenvalue weighted by molar-refractivity contribution is 6.07. The number of aromatic carboxylic acids is 1. The molecule has 1 aromatic carbocycles. The highest BCUT2D eigenvalue weighted by Gasteiger charge is 2.48. The van der Waals surface area contributed by atoms with Crippen molar-refractivity contribution >= 4 is 17.9 Å². The number of benzene rings is 1. The summed E-state index contributed by atoms with van der Waals surface area (Å²) in [5.41, 5.74) is -1.99. The molecule has 0 saturated carbocycles. The molecule has 1 aliphatic heterocycles. The Labute approximate surface area is 112 Å². The normalized spacial score (nSPS) is 21.5. The lowest BCUT2D eigenvalue weighted by molar-refractivity contribution is -0.126. The van der Waals surface area contributed by atoms with Gasteiger partial charge >= 0.3 is 12.0 Å². The number of hydrogen-bond acceptors (Lipinski definition) is 4. The quantitative estimate of drug-likeness (QED) is 0.684. The zero-order valence-corrected chi connectivity index (χ0v) is 10.4. The number of amides is 3. The third-order valence-electron chi connectivity index (χ3n) is 2.99. The van der Waals surface area contributed by atoms with Crippen molar-refractivity contribution in [2.24, 2.45) is 0 Å². The molecule has 0 radical (unpaired) electrons. The summed E-state index contributed by atoms with van der Waals surface area (Å²) in [4.78, 5) is 34.0. The summed E-state index contributed by atoms with van der Waals surface area (Å²) in [6.07, 6.45) is 0. The van der Waals surface area contributed by atoms with Crippen molar-refractivity contribution in [1.82, 2.24) is 10.6 Å². The molecule has 0 bridgehead atoms. The fourth-order valence-corrected chi connectivity index (χ4v) is 2.05. The third-order valence-corrected chi connectivity index (χ3v) is 2.99. The monoisotopic (exact) mass is 282 g/mol. The van der Waals surface area contributed by atoms with Gasteiger partial charge < -0.3 is 15.2 Å². The highest BCUT2D eigenvalue weighted by atomic mass is 19.1. The highest BCUT2D eigenvalue weighted by Crippen LogP contribution is 2.27. The molecule has 1 fully saturated rings. The van der Waals surface area contributed by atoms with Crippen molar-refractivity contribution in [3.8, 4) is 0 Å². The van der Waals surface area contributed by atoms with E-state index in [2.05, 4.69) is 5.32 Å². The van der Waals surface area contributed by atoms with Crippen LogP contribution in [0.25, 0.3) is 0 Å². The lowest BCUT2D eigenvalue weighted by Crippen LogP contribution is -2.47. The van der Waals surface area contributed by atoms with Crippen LogP contribution in [0.15, 0.2) is 18.2 Å². The molecule has 0 aromatic heterocycles. The molecule has 3 N–H and O–H groups in total. The summed E-state index contributed by atoms with van der Waals surface area (Å²) < 4.78 is 18.6. The number of nitrogens with one attached hydrogen (secondary N) is 2. The number of carboxylic acid groups (broad SMARTS) is 1. The third kappa shape index (κ3) is 2.10. The van der Waals surface area contributed by atoms with Gasteiger partial charge in [0.15, 0.2) is 5.54 Å². The van der Waals surface area contributed by atoms with Crippen LogP contribution < -0.4 is 10.6 Å². The Bertz CT molecular complexity index is 604. The number of methoxy groups -OCH3 is 1. The minimum absolute atomic E-state index is 0.102. The summed E-state index contributed by atoms with van der Waals surface area (Å²) in [7, 11) is 1.32. The fraction of sp³-hybridized carbons (Fsp3) is 0.250. The Morgan fingerprint density at radius 3 is 2.60 bits per heavy atom. The van der Waals surface area contributed by atoms with E-state index in [9.17, 15) is 18.8 Å². The minimum Gasteiger partial charge on any atom is -0.478 e. The second-order valence-corrected chi connectivity index (χ2v) is 4.25. The zero-order valence-electron chi connectivity index (χ0n) is 10.4. The number of carboxylic acids is 1. The number of ether oxygens (including phenoxy) is 1. The van der Waals surface area contributed by atoms with E-state index in [0.717, 1.165) is 12.1 Å². The van der Waals surface area contributed by atoms with Gasteiger partial charge in [-0.05, 0) is 17.7 Å². The van der Waals surface area contributed by atoms with Crippen molar-refractivity contribution < 1.29 is 28.6 Å². The van der Waals surface area contributed by atoms with Crippen LogP contribution in [0.4, 0.5) is 9.18 Å². The Morgan fingerprint density at radius 1 is 1.45 bits per heavy atom. The average molecular weight is 282 g/mol. The Hall–Kier alpha value is -2.48. The lowest BCUT2D eigenvalue weighted by atomic mass is 9.90. The molecule has 7 nitrogen and oxygen atoms in total. The van der Waals surface area contributed by atoms with Crippen LogP contribution in [0.1, 0.15) is 15.9 Å². The molecule has 1 aromatic rings. The lowest BCUT2D eigenvalue weighted by Gasteiger charge is -2.25. The maximum Gasteiger partial charge on any atom is 0.338 e. The van der Waals surface area contributed by atoms with Crippen LogP contribution in [-0.4, -0.2) is 36.7 Å². The Morgan fingerprint density at radius 2 is 2.15 bits per heavy atom. The number of urea groups is 1. The van der Waals surface area contributed by atoms with E-state index in [1.807, 2.05) is 5.32 Å². The first-order valence-corrected chi connectivity index (χ1v) is 5.56. The van der Waals surface area contributed by atoms with E-state index in [4.69, 9.17) is 9.84 Å². The molecule has 1 aliphatic rings. The fourth-order valence-electron chi connectivity index (χ4n) is 2.05. The van der Waals surface area contributed by atoms with Crippen LogP contribution in [0.5, 0.6) is 0 Å². The Balaban J connectivity index is 2.51. The van der Waals surface area contributed by atoms with Crippen molar-refractivity contribution in [1.29, 1.82) is 0 Å². The van der Waals surface area contributed by atoms with Crippen molar-refractivity contribution in [2.45, 2.75) is 5.54 Å². The predicted octanol–water partition coefficient (Wildman–Crippen LogP) is 0.205. The van der Waals surface area contributed by atoms with Crippen molar-refractivity contribution in [3.05, 3.63) is 35.1 Å². The van der Waals surface area contributed by atoms with Gasteiger partial charge in [0.05, 0.1) is 12.2 Å². The molecular weight excluding hydrogens is 271 g/mol. The number of imide groups is 1. The maximum atomic E-state index is 13.7. The van der Waals surface area contributed by atoms with E-state index in [1.54, 1.807) is 0 Å². The van der Waals surface area contributed by atoms with E-state index in [-0.39, 0.29) is 12.2 Å². The van der Waals surface area contributed by atoms with Crippen LogP contribution in [0.3, 0.4) is 0 Å². The summed E-state index contributed by atoms with van der Waals surface area (Å²) in [6.45, 7) is -0.212. The molecule has 2 rings (SSSR count). The van der Waals surface area contributed by atoms with E-state index in [0.29, 0.717) is 0 Å². The van der Waals surface area contributed by atoms with Gasteiger partial charge in [0.2, 0.25) is 0 Å². The van der Waals surface area contributed by atoms with Gasteiger partial charge in [-0.2, -0.15) is 0 Å². The van der Waals surface area contributed by atoms with Gasteiger partial charge in [0.1, 0.15) is 5.82 Å². The number of hydrogen-bond donors (Lipinski definition) is 3. The summed E-state index contributed by atoms with van der Waals surface area (Å²) >= 11 is 0. The number of carbonyl (C=O) groups is 3. The second-order valence-electron chi connectivity index (χ2n) is 4.25. The van der Waals surface area contributed by atoms with E-state index < -0.39 is 34.8 Å². The predicted molar refractivity (Wildman–Crippen MR) is 63.6 cm³/mol. The minimum atomic E-state index is -1.57. The summed E-state index contributed by atoms with van der Waals surface area (Å²) in [6, 6.07) is 2.46. The molecule has 8 heteroatoms. The molecule has 106 valence electrons. The van der Waals surface area contributed by atoms with Gasteiger partial charge in [-0.1, -0.05) is 6.07 Å². The molecule has 3 amide bonds. The summed E-state index contributed by atoms with van der Waals surface area (Å²) in [5.74, 6) is -3.11. The summed E-state index contributed by atoms with van der Waals surface area (Å²) in [5, 5.41) is 13.2. The van der Waals surface area contributed by atoms with Crippen LogP contribution in [0.2, 0.25) is 0 Å². The zero-order chi connectivity index (χ0) is 14.9. The molecule has 0 aliphatic carbocycles. The average Bonchev–Trinajstić information content (AvgIpc) is 2.65. The standard InChI is InChI=1S/C12H11FN2O5/c1-20-5-12(10(18)14-11(19)15-12)6-2-3-7(9(16)17)8(13)4-6/h2-4H,5H2,1H3,(H,16,17)(H2,14,15,18,19). The number of carbonyl (C=O) groups excluding carboxylic acids is 2. The van der Waals surface area contributed by atoms with Gasteiger partial charge in [-0.15, -0.1) is 0 Å².